The number of halogens is 1. The van der Waals surface area contributed by atoms with E-state index in [-0.39, 0.29) is 18.3 Å². The summed E-state index contributed by atoms with van der Waals surface area (Å²) in [5.74, 6) is -0.0569. The molecule has 0 saturated heterocycles. The third kappa shape index (κ3) is 4.86. The third-order valence-electron chi connectivity index (χ3n) is 3.11. The van der Waals surface area contributed by atoms with Gasteiger partial charge in [0.1, 0.15) is 11.6 Å². The Bertz CT molecular complexity index is 626. The van der Waals surface area contributed by atoms with Crippen molar-refractivity contribution in [3.05, 3.63) is 65.5 Å². The lowest BCUT2D eigenvalue weighted by molar-refractivity contribution is -0.123. The number of hydrogen-bond donors (Lipinski definition) is 2. The fraction of sp³-hybridized carbons (Fsp3) is 0.235. The Morgan fingerprint density at radius 2 is 2.00 bits per heavy atom. The number of aliphatic hydroxyl groups excluding tert-OH is 1. The number of rotatable bonds is 6. The molecule has 0 heterocycles. The normalized spacial score (nSPS) is 11.8. The molecule has 0 saturated carbocycles. The highest BCUT2D eigenvalue weighted by molar-refractivity contribution is 5.77. The Kier molecular flexibility index (Phi) is 5.49. The number of amides is 1. The molecule has 22 heavy (non-hydrogen) atoms. The Balaban J connectivity index is 1.80. The number of carbonyl (C=O) groups excluding carboxylic acids is 1. The molecule has 1 atom stereocenters. The second-order valence-electron chi connectivity index (χ2n) is 4.94. The molecule has 0 aromatic heterocycles. The van der Waals surface area contributed by atoms with E-state index in [4.69, 9.17) is 4.74 Å². The first-order chi connectivity index (χ1) is 10.5. The van der Waals surface area contributed by atoms with E-state index >= 15 is 0 Å². The SMILES string of the molecule is CC(O)c1cccc(OCC(=O)NCc2ccc(F)cc2)c1. The van der Waals surface area contributed by atoms with E-state index in [0.717, 1.165) is 11.1 Å². The maximum absolute atomic E-state index is 12.8. The molecular weight excluding hydrogens is 285 g/mol. The van der Waals surface area contributed by atoms with Crippen LogP contribution in [0.4, 0.5) is 4.39 Å². The highest BCUT2D eigenvalue weighted by Gasteiger charge is 2.05. The predicted octanol–water partition coefficient (Wildman–Crippen LogP) is 2.57. The minimum Gasteiger partial charge on any atom is -0.484 e. The molecule has 0 aliphatic rings. The largest absolute Gasteiger partial charge is 0.484 e. The first-order valence-electron chi connectivity index (χ1n) is 6.96. The van der Waals surface area contributed by atoms with Gasteiger partial charge >= 0.3 is 0 Å². The second-order valence-corrected chi connectivity index (χ2v) is 4.94. The van der Waals surface area contributed by atoms with Crippen molar-refractivity contribution in [3.63, 3.8) is 0 Å². The number of carbonyl (C=O) groups is 1. The van der Waals surface area contributed by atoms with Crippen LogP contribution in [0, 0.1) is 5.82 Å². The van der Waals surface area contributed by atoms with Gasteiger partial charge in [0.15, 0.2) is 6.61 Å². The third-order valence-corrected chi connectivity index (χ3v) is 3.11. The first-order valence-corrected chi connectivity index (χ1v) is 6.96. The fourth-order valence-electron chi connectivity index (χ4n) is 1.87. The van der Waals surface area contributed by atoms with Crippen LogP contribution in [-0.4, -0.2) is 17.6 Å². The molecular formula is C17H18FNO3. The van der Waals surface area contributed by atoms with Crippen molar-refractivity contribution in [1.82, 2.24) is 5.32 Å². The van der Waals surface area contributed by atoms with Crippen LogP contribution in [0.3, 0.4) is 0 Å². The van der Waals surface area contributed by atoms with Crippen LogP contribution in [0.2, 0.25) is 0 Å². The van der Waals surface area contributed by atoms with Crippen LogP contribution in [0.1, 0.15) is 24.2 Å². The summed E-state index contributed by atoms with van der Waals surface area (Å²) >= 11 is 0. The molecule has 2 aromatic carbocycles. The molecule has 116 valence electrons. The van der Waals surface area contributed by atoms with Crippen LogP contribution in [-0.2, 0) is 11.3 Å². The van der Waals surface area contributed by atoms with Crippen LogP contribution < -0.4 is 10.1 Å². The molecule has 0 aliphatic carbocycles. The van der Waals surface area contributed by atoms with Crippen molar-refractivity contribution in [2.75, 3.05) is 6.61 Å². The van der Waals surface area contributed by atoms with Crippen LogP contribution in [0.25, 0.3) is 0 Å². The second kappa shape index (κ2) is 7.56. The topological polar surface area (TPSA) is 58.6 Å². The molecule has 4 nitrogen and oxygen atoms in total. The average Bonchev–Trinajstić information content (AvgIpc) is 2.52. The lowest BCUT2D eigenvalue weighted by atomic mass is 10.1. The Labute approximate surface area is 128 Å². The highest BCUT2D eigenvalue weighted by atomic mass is 19.1. The van der Waals surface area contributed by atoms with Crippen LogP contribution in [0.15, 0.2) is 48.5 Å². The molecule has 2 rings (SSSR count). The zero-order valence-electron chi connectivity index (χ0n) is 12.3. The van der Waals surface area contributed by atoms with Crippen molar-refractivity contribution in [2.24, 2.45) is 0 Å². The minimum absolute atomic E-state index is 0.121. The summed E-state index contributed by atoms with van der Waals surface area (Å²) in [5, 5.41) is 12.2. The minimum atomic E-state index is -0.587. The molecule has 1 amide bonds. The lowest BCUT2D eigenvalue weighted by Crippen LogP contribution is -2.28. The summed E-state index contributed by atoms with van der Waals surface area (Å²) in [5.41, 5.74) is 1.54. The predicted molar refractivity (Wildman–Crippen MR) is 80.8 cm³/mol. The maximum Gasteiger partial charge on any atom is 0.258 e. The number of ether oxygens (including phenoxy) is 1. The number of nitrogens with one attached hydrogen (secondary N) is 1. The number of hydrogen-bond acceptors (Lipinski definition) is 3. The first kappa shape index (κ1) is 16.0. The summed E-state index contributed by atoms with van der Waals surface area (Å²) in [6, 6.07) is 12.9. The molecule has 0 radical (unpaired) electrons. The van der Waals surface area contributed by atoms with E-state index in [1.807, 2.05) is 0 Å². The van der Waals surface area contributed by atoms with Crippen molar-refractivity contribution in [2.45, 2.75) is 19.6 Å². The summed E-state index contributed by atoms with van der Waals surface area (Å²) in [6.07, 6.45) is -0.587. The molecule has 2 aromatic rings. The summed E-state index contributed by atoms with van der Waals surface area (Å²) in [7, 11) is 0. The molecule has 1 unspecified atom stereocenters. The van der Waals surface area contributed by atoms with Gasteiger partial charge in [-0.15, -0.1) is 0 Å². The van der Waals surface area contributed by atoms with Gasteiger partial charge < -0.3 is 15.2 Å². The van der Waals surface area contributed by atoms with Gasteiger partial charge in [0.05, 0.1) is 6.10 Å². The maximum atomic E-state index is 12.8. The standard InChI is InChI=1S/C17H18FNO3/c1-12(20)14-3-2-4-16(9-14)22-11-17(21)19-10-13-5-7-15(18)8-6-13/h2-9,12,20H,10-11H2,1H3,(H,19,21). The molecule has 0 fully saturated rings. The van der Waals surface area contributed by atoms with Crippen LogP contribution in [0.5, 0.6) is 5.75 Å². The van der Waals surface area contributed by atoms with Gasteiger partial charge in [0.25, 0.3) is 5.91 Å². The molecule has 0 aliphatic heterocycles. The molecule has 2 N–H and O–H groups in total. The van der Waals surface area contributed by atoms with Crippen molar-refractivity contribution in [1.29, 1.82) is 0 Å². The van der Waals surface area contributed by atoms with Crippen LogP contribution >= 0.6 is 0 Å². The van der Waals surface area contributed by atoms with Crippen molar-refractivity contribution < 1.29 is 19.0 Å². The van der Waals surface area contributed by atoms with Gasteiger partial charge in [-0.05, 0) is 42.3 Å². The molecule has 0 bridgehead atoms. The van der Waals surface area contributed by atoms with Gasteiger partial charge in [-0.1, -0.05) is 24.3 Å². The number of aliphatic hydroxyl groups is 1. The van der Waals surface area contributed by atoms with Crippen molar-refractivity contribution >= 4 is 5.91 Å². The van der Waals surface area contributed by atoms with Gasteiger partial charge in [0.2, 0.25) is 0 Å². The lowest BCUT2D eigenvalue weighted by Gasteiger charge is -2.10. The molecule has 5 heteroatoms. The van der Waals surface area contributed by atoms with Gasteiger partial charge in [0, 0.05) is 6.54 Å². The Morgan fingerprint density at radius 1 is 1.27 bits per heavy atom. The number of benzene rings is 2. The smallest absolute Gasteiger partial charge is 0.258 e. The summed E-state index contributed by atoms with van der Waals surface area (Å²) < 4.78 is 18.1. The van der Waals surface area contributed by atoms with Gasteiger partial charge in [-0.2, -0.15) is 0 Å². The fourth-order valence-corrected chi connectivity index (χ4v) is 1.87. The van der Waals surface area contributed by atoms with E-state index in [9.17, 15) is 14.3 Å². The highest BCUT2D eigenvalue weighted by Crippen LogP contribution is 2.18. The van der Waals surface area contributed by atoms with Gasteiger partial charge in [-0.3, -0.25) is 4.79 Å². The zero-order chi connectivity index (χ0) is 15.9. The summed E-state index contributed by atoms with van der Waals surface area (Å²) in [6.45, 7) is 1.86. The zero-order valence-corrected chi connectivity index (χ0v) is 12.3. The molecule has 0 spiro atoms. The van der Waals surface area contributed by atoms with E-state index < -0.39 is 6.10 Å². The van der Waals surface area contributed by atoms with E-state index in [2.05, 4.69) is 5.32 Å². The monoisotopic (exact) mass is 303 g/mol. The Hall–Kier alpha value is -2.40. The summed E-state index contributed by atoms with van der Waals surface area (Å²) in [4.78, 5) is 11.7. The van der Waals surface area contributed by atoms with Crippen molar-refractivity contribution in [3.8, 4) is 5.75 Å². The Morgan fingerprint density at radius 3 is 2.68 bits per heavy atom. The van der Waals surface area contributed by atoms with E-state index in [1.165, 1.54) is 12.1 Å². The van der Waals surface area contributed by atoms with Gasteiger partial charge in [-0.25, -0.2) is 4.39 Å². The van der Waals surface area contributed by atoms with E-state index in [0.29, 0.717) is 12.3 Å². The quantitative estimate of drug-likeness (QED) is 0.862. The average molecular weight is 303 g/mol. The van der Waals surface area contributed by atoms with E-state index in [1.54, 1.807) is 43.3 Å².